The summed E-state index contributed by atoms with van der Waals surface area (Å²) >= 11 is 0. The van der Waals surface area contributed by atoms with Crippen molar-refractivity contribution in [1.29, 1.82) is 0 Å². The van der Waals surface area contributed by atoms with Crippen LogP contribution in [0.2, 0.25) is 0 Å². The topological polar surface area (TPSA) is 101 Å². The number of aromatic nitrogens is 1. The number of amides is 2. The number of halogens is 1. The van der Waals surface area contributed by atoms with E-state index in [1.165, 1.54) is 22.9 Å². The van der Waals surface area contributed by atoms with Crippen molar-refractivity contribution < 1.29 is 23.8 Å². The van der Waals surface area contributed by atoms with Crippen LogP contribution in [0.4, 0.5) is 4.39 Å². The van der Waals surface area contributed by atoms with Gasteiger partial charge < -0.3 is 24.6 Å². The molecule has 0 radical (unpaired) electrons. The van der Waals surface area contributed by atoms with E-state index in [1.807, 2.05) is 0 Å². The highest BCUT2D eigenvalue weighted by Gasteiger charge is 2.47. The monoisotopic (exact) mass is 427 g/mol. The van der Waals surface area contributed by atoms with Crippen LogP contribution in [-0.4, -0.2) is 44.8 Å². The third-order valence-electron chi connectivity index (χ3n) is 6.42. The Hall–Kier alpha value is -3.20. The highest BCUT2D eigenvalue weighted by atomic mass is 19.1. The molecule has 4 atom stereocenters. The molecule has 9 heteroatoms. The van der Waals surface area contributed by atoms with E-state index in [4.69, 9.17) is 4.74 Å². The molecule has 1 saturated heterocycles. The van der Waals surface area contributed by atoms with Crippen LogP contribution >= 0.6 is 0 Å². The normalized spacial score (nSPS) is 25.0. The van der Waals surface area contributed by atoms with Gasteiger partial charge in [0.25, 0.3) is 11.8 Å². The standard InChI is InChI=1S/C22H22FN3O5/c1-11(12-2-4-13(23)5-3-12)24-21(29)16-9-25-10-17-26(14-6-7-15(8-14)31-17)22(30)18(25)20(28)19(16)27/h2-5,9,11,14-15,17,28H,6-8,10H2,1H3,(H,24,29). The highest BCUT2D eigenvalue weighted by molar-refractivity contribution is 5.99. The molecule has 0 spiro atoms. The Morgan fingerprint density at radius 1 is 1.26 bits per heavy atom. The van der Waals surface area contributed by atoms with E-state index in [-0.39, 0.29) is 29.9 Å². The Balaban J connectivity index is 1.45. The number of fused-ring (bicyclic) bond motifs is 5. The summed E-state index contributed by atoms with van der Waals surface area (Å²) in [7, 11) is 0. The summed E-state index contributed by atoms with van der Waals surface area (Å²) in [4.78, 5) is 40.2. The van der Waals surface area contributed by atoms with Crippen molar-refractivity contribution in [3.63, 3.8) is 0 Å². The molecule has 1 aromatic carbocycles. The number of benzene rings is 1. The Morgan fingerprint density at radius 3 is 2.74 bits per heavy atom. The van der Waals surface area contributed by atoms with Crippen LogP contribution in [-0.2, 0) is 11.3 Å². The van der Waals surface area contributed by atoms with Gasteiger partial charge in [0.2, 0.25) is 5.43 Å². The number of rotatable bonds is 3. The van der Waals surface area contributed by atoms with Gasteiger partial charge in [-0.05, 0) is 43.9 Å². The summed E-state index contributed by atoms with van der Waals surface area (Å²) in [5.41, 5.74) is -0.619. The first-order valence-corrected chi connectivity index (χ1v) is 10.3. The van der Waals surface area contributed by atoms with E-state index >= 15 is 0 Å². The van der Waals surface area contributed by atoms with Crippen molar-refractivity contribution in [1.82, 2.24) is 14.8 Å². The fourth-order valence-corrected chi connectivity index (χ4v) is 4.82. The maximum atomic E-state index is 13.1. The van der Waals surface area contributed by atoms with Gasteiger partial charge in [-0.3, -0.25) is 14.4 Å². The summed E-state index contributed by atoms with van der Waals surface area (Å²) in [5.74, 6) is -2.27. The SMILES string of the molecule is CC(NC(=O)c1cn2c(c(O)c1=O)C(=O)N1C3CCC(C3)OC1C2)c1ccc(F)cc1. The van der Waals surface area contributed by atoms with Gasteiger partial charge in [-0.1, -0.05) is 12.1 Å². The lowest BCUT2D eigenvalue weighted by Crippen LogP contribution is -2.57. The van der Waals surface area contributed by atoms with Crippen LogP contribution < -0.4 is 10.7 Å². The van der Waals surface area contributed by atoms with Gasteiger partial charge in [-0.25, -0.2) is 4.39 Å². The molecular weight excluding hydrogens is 405 g/mol. The number of aromatic hydroxyl groups is 1. The summed E-state index contributed by atoms with van der Waals surface area (Å²) in [6, 6.07) is 5.20. The van der Waals surface area contributed by atoms with E-state index in [1.54, 1.807) is 24.0 Å². The molecule has 31 heavy (non-hydrogen) atoms. The molecule has 3 aliphatic rings. The highest BCUT2D eigenvalue weighted by Crippen LogP contribution is 2.38. The molecule has 2 aromatic rings. The summed E-state index contributed by atoms with van der Waals surface area (Å²) in [6.07, 6.45) is 3.39. The van der Waals surface area contributed by atoms with Crippen molar-refractivity contribution in [3.8, 4) is 5.75 Å². The van der Waals surface area contributed by atoms with Gasteiger partial charge in [0.15, 0.2) is 17.7 Å². The number of hydrogen-bond acceptors (Lipinski definition) is 5. The molecule has 8 nitrogen and oxygen atoms in total. The number of nitrogens with one attached hydrogen (secondary N) is 1. The van der Waals surface area contributed by atoms with Gasteiger partial charge in [0.05, 0.1) is 18.7 Å². The van der Waals surface area contributed by atoms with Gasteiger partial charge >= 0.3 is 0 Å². The molecule has 1 aliphatic carbocycles. The van der Waals surface area contributed by atoms with E-state index in [2.05, 4.69) is 5.32 Å². The molecule has 2 bridgehead atoms. The van der Waals surface area contributed by atoms with Gasteiger partial charge in [0.1, 0.15) is 11.4 Å². The molecule has 3 heterocycles. The average Bonchev–Trinajstić information content (AvgIpc) is 3.11. The molecule has 5 rings (SSSR count). The second-order valence-corrected chi connectivity index (χ2v) is 8.36. The predicted octanol–water partition coefficient (Wildman–Crippen LogP) is 1.92. The summed E-state index contributed by atoms with van der Waals surface area (Å²) in [6.45, 7) is 1.93. The zero-order chi connectivity index (χ0) is 21.9. The van der Waals surface area contributed by atoms with Crippen LogP contribution in [0.15, 0.2) is 35.3 Å². The van der Waals surface area contributed by atoms with Crippen molar-refractivity contribution in [2.75, 3.05) is 0 Å². The Kier molecular flexibility index (Phi) is 4.58. The Labute approximate surface area is 177 Å². The smallest absolute Gasteiger partial charge is 0.276 e. The quantitative estimate of drug-likeness (QED) is 0.780. The van der Waals surface area contributed by atoms with Gasteiger partial charge in [0, 0.05) is 12.2 Å². The Bertz CT molecular complexity index is 1130. The minimum Gasteiger partial charge on any atom is -0.503 e. The van der Waals surface area contributed by atoms with E-state index in [9.17, 15) is 23.9 Å². The maximum absolute atomic E-state index is 13.1. The van der Waals surface area contributed by atoms with Crippen LogP contribution in [0.5, 0.6) is 5.75 Å². The maximum Gasteiger partial charge on any atom is 0.276 e. The largest absolute Gasteiger partial charge is 0.503 e. The van der Waals surface area contributed by atoms with Crippen molar-refractivity contribution in [2.45, 2.75) is 57.1 Å². The molecule has 1 saturated carbocycles. The van der Waals surface area contributed by atoms with Gasteiger partial charge in [-0.15, -0.1) is 0 Å². The lowest BCUT2D eigenvalue weighted by Gasteiger charge is -2.44. The lowest BCUT2D eigenvalue weighted by molar-refractivity contribution is -0.132. The molecule has 4 unspecified atom stereocenters. The molecule has 2 amide bonds. The second kappa shape index (κ2) is 7.19. The van der Waals surface area contributed by atoms with Crippen LogP contribution in [0.25, 0.3) is 0 Å². The molecule has 2 fully saturated rings. The number of pyridine rings is 1. The molecule has 2 N–H and O–H groups in total. The Morgan fingerprint density at radius 2 is 2.00 bits per heavy atom. The molecular formula is C22H22FN3O5. The first kappa shape index (κ1) is 19.7. The second-order valence-electron chi connectivity index (χ2n) is 8.36. The van der Waals surface area contributed by atoms with Crippen molar-refractivity contribution >= 4 is 11.8 Å². The number of nitrogens with zero attached hydrogens (tertiary/aromatic N) is 2. The number of carbonyl (C=O) groups is 2. The first-order chi connectivity index (χ1) is 14.8. The van der Waals surface area contributed by atoms with E-state index in [0.29, 0.717) is 5.56 Å². The molecule has 2 aliphatic heterocycles. The zero-order valence-corrected chi connectivity index (χ0v) is 16.9. The van der Waals surface area contributed by atoms with Crippen LogP contribution in [0.3, 0.4) is 0 Å². The lowest BCUT2D eigenvalue weighted by atomic mass is 10.1. The number of carbonyl (C=O) groups excluding carboxylic acids is 2. The van der Waals surface area contributed by atoms with E-state index in [0.717, 1.165) is 19.3 Å². The fraction of sp³-hybridized carbons (Fsp3) is 0.409. The third kappa shape index (κ3) is 3.20. The summed E-state index contributed by atoms with van der Waals surface area (Å²) < 4.78 is 20.6. The fourth-order valence-electron chi connectivity index (χ4n) is 4.82. The number of ether oxygens (including phenoxy) is 1. The zero-order valence-electron chi connectivity index (χ0n) is 16.9. The van der Waals surface area contributed by atoms with E-state index < -0.39 is 41.1 Å². The minimum absolute atomic E-state index is 0.0408. The molecule has 1 aromatic heterocycles. The summed E-state index contributed by atoms with van der Waals surface area (Å²) in [5, 5.41) is 13.2. The minimum atomic E-state index is -0.899. The third-order valence-corrected chi connectivity index (χ3v) is 6.42. The predicted molar refractivity (Wildman–Crippen MR) is 107 cm³/mol. The van der Waals surface area contributed by atoms with Crippen LogP contribution in [0, 0.1) is 5.82 Å². The van der Waals surface area contributed by atoms with Crippen molar-refractivity contribution in [2.24, 2.45) is 0 Å². The first-order valence-electron chi connectivity index (χ1n) is 10.3. The molecule has 162 valence electrons. The number of hydrogen-bond donors (Lipinski definition) is 2. The average molecular weight is 427 g/mol. The van der Waals surface area contributed by atoms with Crippen LogP contribution in [0.1, 0.15) is 58.6 Å². The van der Waals surface area contributed by atoms with Gasteiger partial charge in [-0.2, -0.15) is 0 Å². The van der Waals surface area contributed by atoms with Crippen molar-refractivity contribution in [3.05, 3.63) is 63.3 Å².